The SMILES string of the molecule is CCCC[N+]1=C(C=CC(=CC=C2N(CCCS(=O)(=O)O)c3ccc(C)cc3C2(C)C)c2cc[n+](CCCCCC(=O)C(C)(C)C)cc2)C(C)(C)c2cc(S(=O)(=O)O)ccc21. The van der Waals surface area contributed by atoms with Gasteiger partial charge in [-0.05, 0) is 87.1 Å². The average molecular weight is 860 g/mol. The zero-order chi connectivity index (χ0) is 44.3. The van der Waals surface area contributed by atoms with Gasteiger partial charge in [-0.2, -0.15) is 21.4 Å². The summed E-state index contributed by atoms with van der Waals surface area (Å²) in [6, 6.07) is 15.4. The van der Waals surface area contributed by atoms with Crippen LogP contribution in [0.3, 0.4) is 0 Å². The number of rotatable bonds is 18. The van der Waals surface area contributed by atoms with E-state index < -0.39 is 31.1 Å². The van der Waals surface area contributed by atoms with Gasteiger partial charge in [-0.1, -0.05) is 71.7 Å². The first kappa shape index (κ1) is 46.8. The minimum atomic E-state index is -4.40. The largest absolute Gasteiger partial charge is 0.344 e. The third-order valence-electron chi connectivity index (χ3n) is 12.0. The van der Waals surface area contributed by atoms with E-state index >= 15 is 0 Å². The van der Waals surface area contributed by atoms with Crippen LogP contribution in [0, 0.1) is 12.3 Å². The van der Waals surface area contributed by atoms with Crippen LogP contribution in [-0.2, 0) is 42.4 Å². The Morgan fingerprint density at radius 3 is 2.17 bits per heavy atom. The maximum absolute atomic E-state index is 12.4. The Kier molecular flexibility index (Phi) is 14.4. The fourth-order valence-electron chi connectivity index (χ4n) is 8.32. The number of unbranched alkanes of at least 4 members (excludes halogenated alkanes) is 3. The summed E-state index contributed by atoms with van der Waals surface area (Å²) in [5.41, 5.74) is 7.65. The number of aromatic nitrogens is 1. The Hall–Kier alpha value is -4.23. The predicted octanol–water partition coefficient (Wildman–Crippen LogP) is 9.48. The minimum Gasteiger partial charge on any atom is -0.344 e. The van der Waals surface area contributed by atoms with Gasteiger partial charge in [0.1, 0.15) is 18.9 Å². The van der Waals surface area contributed by atoms with E-state index in [0.717, 1.165) is 95.8 Å². The molecule has 0 unspecified atom stereocenters. The lowest BCUT2D eigenvalue weighted by atomic mass is 9.81. The molecular formula is C48H65N3O7S2+2. The summed E-state index contributed by atoms with van der Waals surface area (Å²) in [5.74, 6) is -0.0411. The second kappa shape index (κ2) is 18.4. The number of nitrogens with zero attached hydrogens (tertiary/aromatic N) is 3. The Labute approximate surface area is 358 Å². The highest BCUT2D eigenvalue weighted by Gasteiger charge is 2.45. The van der Waals surface area contributed by atoms with E-state index in [4.69, 9.17) is 0 Å². The van der Waals surface area contributed by atoms with E-state index in [-0.39, 0.29) is 22.5 Å². The Morgan fingerprint density at radius 2 is 1.53 bits per heavy atom. The van der Waals surface area contributed by atoms with Crippen molar-refractivity contribution in [3.8, 4) is 0 Å². The van der Waals surface area contributed by atoms with E-state index in [9.17, 15) is 30.7 Å². The maximum Gasteiger partial charge on any atom is 0.294 e. The van der Waals surface area contributed by atoms with Gasteiger partial charge in [0.15, 0.2) is 18.1 Å². The van der Waals surface area contributed by atoms with Crippen LogP contribution in [0.25, 0.3) is 5.57 Å². The summed E-state index contributed by atoms with van der Waals surface area (Å²) in [5, 5.41) is 0. The number of carbonyl (C=O) groups is 1. The van der Waals surface area contributed by atoms with Crippen LogP contribution in [0.15, 0.2) is 95.8 Å². The monoisotopic (exact) mass is 859 g/mol. The molecule has 0 fully saturated rings. The summed E-state index contributed by atoms with van der Waals surface area (Å²) in [6.07, 6.45) is 18.2. The quantitative estimate of drug-likeness (QED) is 0.0559. The van der Waals surface area contributed by atoms with Crippen molar-refractivity contribution in [3.63, 3.8) is 0 Å². The number of benzene rings is 2. The Balaban J connectivity index is 1.56. The first-order chi connectivity index (χ1) is 27.9. The van der Waals surface area contributed by atoms with Crippen LogP contribution < -0.4 is 9.47 Å². The van der Waals surface area contributed by atoms with Crippen molar-refractivity contribution in [3.05, 3.63) is 113 Å². The van der Waals surface area contributed by atoms with E-state index in [0.29, 0.717) is 18.7 Å². The molecule has 10 nitrogen and oxygen atoms in total. The maximum atomic E-state index is 12.4. The molecule has 2 aromatic carbocycles. The summed E-state index contributed by atoms with van der Waals surface area (Å²) in [4.78, 5) is 14.4. The molecule has 3 aromatic rings. The average Bonchev–Trinajstić information content (AvgIpc) is 3.50. The number of aryl methyl sites for hydroxylation is 2. The molecule has 324 valence electrons. The highest BCUT2D eigenvalue weighted by Crippen LogP contribution is 2.48. The number of carbonyl (C=O) groups excluding carboxylic acids is 1. The number of anilines is 1. The minimum absolute atomic E-state index is 0.130. The van der Waals surface area contributed by atoms with Crippen molar-refractivity contribution >= 4 is 48.7 Å². The Morgan fingerprint density at radius 1 is 0.833 bits per heavy atom. The topological polar surface area (TPSA) is 136 Å². The van der Waals surface area contributed by atoms with Crippen molar-refractivity contribution in [1.29, 1.82) is 0 Å². The first-order valence-electron chi connectivity index (χ1n) is 21.2. The lowest BCUT2D eigenvalue weighted by molar-refractivity contribution is -0.697. The van der Waals surface area contributed by atoms with Crippen molar-refractivity contribution in [1.82, 2.24) is 0 Å². The molecule has 0 saturated carbocycles. The molecule has 0 bridgehead atoms. The van der Waals surface area contributed by atoms with Gasteiger partial charge in [0, 0.05) is 77.9 Å². The fourth-order valence-corrected chi connectivity index (χ4v) is 9.32. The first-order valence-corrected chi connectivity index (χ1v) is 24.2. The van der Waals surface area contributed by atoms with Crippen molar-refractivity contribution in [2.45, 2.75) is 130 Å². The van der Waals surface area contributed by atoms with Gasteiger partial charge < -0.3 is 4.90 Å². The highest BCUT2D eigenvalue weighted by molar-refractivity contribution is 7.86. The van der Waals surface area contributed by atoms with Gasteiger partial charge in [-0.15, -0.1) is 0 Å². The smallest absolute Gasteiger partial charge is 0.294 e. The number of hydrogen-bond donors (Lipinski definition) is 2. The Bertz CT molecular complexity index is 2430. The molecule has 12 heteroatoms. The molecule has 60 heavy (non-hydrogen) atoms. The van der Waals surface area contributed by atoms with Gasteiger partial charge >= 0.3 is 0 Å². The number of hydrogen-bond acceptors (Lipinski definition) is 6. The van der Waals surface area contributed by atoms with Gasteiger partial charge in [0.05, 0.1) is 16.1 Å². The molecule has 2 aliphatic heterocycles. The standard InChI is InChI=1S/C48H63N3O7S2/c1-10-11-28-50-42-22-20-38(60(56,57)58)34-40(42)48(8,9)44(50)24-19-36(37-25-30-49(31-26-37)27-14-12-13-16-45(52)46(3,4)5)18-23-43-47(6,7)39-33-35(2)17-21-41(39)51(43)29-15-32-59(53,54)55/h17-26,30-31,33-34H,10-16,27-29,32H2,1-9H3/p+2. The van der Waals surface area contributed by atoms with E-state index in [1.54, 1.807) is 12.1 Å². The summed E-state index contributed by atoms with van der Waals surface area (Å²) in [7, 11) is -8.52. The molecule has 2 N–H and O–H groups in total. The lowest BCUT2D eigenvalue weighted by Gasteiger charge is -2.27. The molecule has 5 rings (SSSR count). The number of pyridine rings is 1. The number of fused-ring (bicyclic) bond motifs is 2. The molecule has 1 aromatic heterocycles. The van der Waals surface area contributed by atoms with Crippen LogP contribution in [0.2, 0.25) is 0 Å². The summed E-state index contributed by atoms with van der Waals surface area (Å²) >= 11 is 0. The van der Waals surface area contributed by atoms with Crippen LogP contribution in [0.5, 0.6) is 0 Å². The van der Waals surface area contributed by atoms with E-state index in [1.165, 1.54) is 6.07 Å². The highest BCUT2D eigenvalue weighted by atomic mass is 32.2. The summed E-state index contributed by atoms with van der Waals surface area (Å²) in [6.45, 7) is 20.6. The molecule has 0 atom stereocenters. The third-order valence-corrected chi connectivity index (χ3v) is 13.6. The van der Waals surface area contributed by atoms with E-state index in [2.05, 4.69) is 123 Å². The molecule has 0 spiro atoms. The van der Waals surface area contributed by atoms with Crippen molar-refractivity contribution in [2.24, 2.45) is 5.41 Å². The second-order valence-corrected chi connectivity index (χ2v) is 21.4. The molecule has 0 saturated heterocycles. The van der Waals surface area contributed by atoms with Gasteiger partial charge in [0.25, 0.3) is 20.2 Å². The molecule has 2 aliphatic rings. The van der Waals surface area contributed by atoms with Gasteiger partial charge in [-0.25, -0.2) is 4.57 Å². The predicted molar refractivity (Wildman–Crippen MR) is 241 cm³/mol. The fraction of sp³-hybridized carbons (Fsp3) is 0.479. The molecule has 0 radical (unpaired) electrons. The van der Waals surface area contributed by atoms with Gasteiger partial charge in [-0.3, -0.25) is 13.9 Å². The molecule has 0 aliphatic carbocycles. The normalized spacial score (nSPS) is 17.2. The third kappa shape index (κ3) is 11.0. The van der Waals surface area contributed by atoms with Crippen LogP contribution in [-0.4, -0.2) is 60.9 Å². The zero-order valence-corrected chi connectivity index (χ0v) is 38.6. The number of Topliss-reactive ketones (excluding diaryl/α,β-unsaturated/α-hetero) is 1. The molecule has 0 amide bonds. The van der Waals surface area contributed by atoms with Crippen molar-refractivity contribution < 1.29 is 39.9 Å². The second-order valence-electron chi connectivity index (χ2n) is 18.4. The van der Waals surface area contributed by atoms with Crippen LogP contribution in [0.1, 0.15) is 123 Å². The van der Waals surface area contributed by atoms with Crippen LogP contribution >= 0.6 is 0 Å². The lowest BCUT2D eigenvalue weighted by Crippen LogP contribution is -2.32. The number of ketones is 1. The summed E-state index contributed by atoms with van der Waals surface area (Å²) < 4.78 is 71.8. The van der Waals surface area contributed by atoms with Crippen molar-refractivity contribution in [2.75, 3.05) is 23.7 Å². The molecule has 3 heterocycles. The van der Waals surface area contributed by atoms with E-state index in [1.807, 2.05) is 20.8 Å². The number of allylic oxidation sites excluding steroid dienone is 6. The van der Waals surface area contributed by atoms with Gasteiger partial charge in [0.2, 0.25) is 5.69 Å². The zero-order valence-electron chi connectivity index (χ0n) is 37.0. The van der Waals surface area contributed by atoms with Crippen LogP contribution in [0.4, 0.5) is 11.4 Å². The molecular weight excluding hydrogens is 795 g/mol.